The minimum absolute atomic E-state index is 0.450. The molecule has 0 amide bonds. The third-order valence-corrected chi connectivity index (χ3v) is 3.33. The number of hydrogen-bond acceptors (Lipinski definition) is 6. The van der Waals surface area contributed by atoms with Gasteiger partial charge in [-0.3, -0.25) is 10.3 Å². The van der Waals surface area contributed by atoms with Crippen molar-refractivity contribution in [2.24, 2.45) is 5.84 Å². The second-order valence-corrected chi connectivity index (χ2v) is 4.84. The van der Waals surface area contributed by atoms with E-state index >= 15 is 0 Å². The van der Waals surface area contributed by atoms with Gasteiger partial charge < -0.3 is 5.32 Å². The molecule has 0 aromatic carbocycles. The van der Waals surface area contributed by atoms with Gasteiger partial charge in [-0.1, -0.05) is 0 Å². The molecule has 0 aliphatic carbocycles. The standard InChI is InChI=1S/C12H22N6/c1-9-7-11(16-12(15-9)17-13)14-8-10(2)18-5-3-4-6-18/h7,10H,3-6,8,13H2,1-2H3,(H2,14,15,16,17). The Morgan fingerprint density at radius 3 is 2.78 bits per heavy atom. The number of anilines is 2. The van der Waals surface area contributed by atoms with Gasteiger partial charge in [0, 0.05) is 24.3 Å². The van der Waals surface area contributed by atoms with Crippen LogP contribution < -0.4 is 16.6 Å². The van der Waals surface area contributed by atoms with E-state index in [1.165, 1.54) is 25.9 Å². The van der Waals surface area contributed by atoms with Crippen molar-refractivity contribution in [3.05, 3.63) is 11.8 Å². The van der Waals surface area contributed by atoms with E-state index in [0.29, 0.717) is 12.0 Å². The number of aromatic nitrogens is 2. The predicted molar refractivity (Wildman–Crippen MR) is 73.3 cm³/mol. The Kier molecular flexibility index (Phi) is 4.33. The van der Waals surface area contributed by atoms with Crippen LogP contribution in [0.4, 0.5) is 11.8 Å². The third kappa shape index (κ3) is 3.30. The highest BCUT2D eigenvalue weighted by Gasteiger charge is 2.17. The Hall–Kier alpha value is -1.40. The van der Waals surface area contributed by atoms with E-state index in [1.807, 2.05) is 13.0 Å². The maximum absolute atomic E-state index is 5.33. The van der Waals surface area contributed by atoms with Gasteiger partial charge in [-0.2, -0.15) is 4.98 Å². The van der Waals surface area contributed by atoms with Crippen LogP contribution in [0.25, 0.3) is 0 Å². The highest BCUT2D eigenvalue weighted by atomic mass is 15.3. The molecule has 1 aliphatic heterocycles. The van der Waals surface area contributed by atoms with E-state index in [0.717, 1.165) is 18.1 Å². The van der Waals surface area contributed by atoms with Crippen LogP contribution >= 0.6 is 0 Å². The summed E-state index contributed by atoms with van der Waals surface area (Å²) in [5, 5.41) is 3.35. The lowest BCUT2D eigenvalue weighted by molar-refractivity contribution is 0.269. The van der Waals surface area contributed by atoms with Crippen LogP contribution in [0.2, 0.25) is 0 Å². The number of aryl methyl sites for hydroxylation is 1. The van der Waals surface area contributed by atoms with Crippen molar-refractivity contribution < 1.29 is 0 Å². The topological polar surface area (TPSA) is 79.1 Å². The first-order valence-electron chi connectivity index (χ1n) is 6.49. The average Bonchev–Trinajstić information content (AvgIpc) is 2.89. The maximum Gasteiger partial charge on any atom is 0.239 e. The molecule has 18 heavy (non-hydrogen) atoms. The van der Waals surface area contributed by atoms with E-state index in [9.17, 15) is 0 Å². The summed E-state index contributed by atoms with van der Waals surface area (Å²) < 4.78 is 0. The highest BCUT2D eigenvalue weighted by Crippen LogP contribution is 2.13. The first-order chi connectivity index (χ1) is 8.69. The van der Waals surface area contributed by atoms with Crippen molar-refractivity contribution >= 4 is 11.8 Å². The zero-order valence-electron chi connectivity index (χ0n) is 11.1. The summed E-state index contributed by atoms with van der Waals surface area (Å²) in [5.41, 5.74) is 3.38. The molecule has 1 fully saturated rings. The van der Waals surface area contributed by atoms with Crippen LogP contribution in [-0.2, 0) is 0 Å². The summed E-state index contributed by atoms with van der Waals surface area (Å²) in [6.07, 6.45) is 2.64. The monoisotopic (exact) mass is 250 g/mol. The number of likely N-dealkylation sites (tertiary alicyclic amines) is 1. The highest BCUT2D eigenvalue weighted by molar-refractivity contribution is 5.41. The molecule has 2 heterocycles. The van der Waals surface area contributed by atoms with Crippen LogP contribution in [0.15, 0.2) is 6.07 Å². The quantitative estimate of drug-likeness (QED) is 0.534. The number of rotatable bonds is 5. The van der Waals surface area contributed by atoms with Gasteiger partial charge in [0.05, 0.1) is 0 Å². The molecular weight excluding hydrogens is 228 g/mol. The summed E-state index contributed by atoms with van der Waals surface area (Å²) in [6, 6.07) is 2.45. The second-order valence-electron chi connectivity index (χ2n) is 4.84. The van der Waals surface area contributed by atoms with Crippen LogP contribution in [0.5, 0.6) is 0 Å². The van der Waals surface area contributed by atoms with Crippen molar-refractivity contribution in [1.82, 2.24) is 14.9 Å². The van der Waals surface area contributed by atoms with Crippen molar-refractivity contribution in [1.29, 1.82) is 0 Å². The molecular formula is C12H22N6. The molecule has 1 unspecified atom stereocenters. The lowest BCUT2D eigenvalue weighted by atomic mass is 10.3. The van der Waals surface area contributed by atoms with Crippen molar-refractivity contribution in [2.45, 2.75) is 32.7 Å². The number of nitrogens with two attached hydrogens (primary N) is 1. The van der Waals surface area contributed by atoms with Crippen LogP contribution in [0.3, 0.4) is 0 Å². The summed E-state index contributed by atoms with van der Waals surface area (Å²) in [4.78, 5) is 10.9. The van der Waals surface area contributed by atoms with Crippen LogP contribution in [0, 0.1) is 6.92 Å². The van der Waals surface area contributed by atoms with E-state index in [-0.39, 0.29) is 0 Å². The van der Waals surface area contributed by atoms with Crippen LogP contribution in [-0.4, -0.2) is 40.5 Å². The summed E-state index contributed by atoms with van der Waals surface area (Å²) in [7, 11) is 0. The molecule has 0 saturated carbocycles. The van der Waals surface area contributed by atoms with Gasteiger partial charge in [0.1, 0.15) is 5.82 Å². The van der Waals surface area contributed by atoms with Gasteiger partial charge in [-0.25, -0.2) is 10.8 Å². The lowest BCUT2D eigenvalue weighted by Gasteiger charge is -2.24. The van der Waals surface area contributed by atoms with Gasteiger partial charge in [-0.05, 0) is 39.8 Å². The molecule has 6 nitrogen and oxygen atoms in total. The molecule has 100 valence electrons. The zero-order chi connectivity index (χ0) is 13.0. The largest absolute Gasteiger partial charge is 0.368 e. The Labute approximate surface area is 108 Å². The first-order valence-corrected chi connectivity index (χ1v) is 6.49. The minimum Gasteiger partial charge on any atom is -0.368 e. The smallest absolute Gasteiger partial charge is 0.239 e. The van der Waals surface area contributed by atoms with E-state index in [4.69, 9.17) is 5.84 Å². The van der Waals surface area contributed by atoms with Crippen LogP contribution in [0.1, 0.15) is 25.5 Å². The van der Waals surface area contributed by atoms with E-state index in [2.05, 4.69) is 32.5 Å². The molecule has 0 bridgehead atoms. The zero-order valence-corrected chi connectivity index (χ0v) is 11.1. The normalized spacial score (nSPS) is 17.7. The number of hydrazine groups is 1. The fourth-order valence-electron chi connectivity index (χ4n) is 2.29. The van der Waals surface area contributed by atoms with Crippen molar-refractivity contribution in [3.63, 3.8) is 0 Å². The number of nitrogens with one attached hydrogen (secondary N) is 2. The van der Waals surface area contributed by atoms with Crippen molar-refractivity contribution in [3.8, 4) is 0 Å². The fourth-order valence-corrected chi connectivity index (χ4v) is 2.29. The number of nitrogen functional groups attached to an aromatic ring is 1. The maximum atomic E-state index is 5.33. The Morgan fingerprint density at radius 2 is 2.11 bits per heavy atom. The molecule has 2 rings (SSSR count). The van der Waals surface area contributed by atoms with Gasteiger partial charge in [0.15, 0.2) is 0 Å². The second kappa shape index (κ2) is 5.97. The molecule has 6 heteroatoms. The Balaban J connectivity index is 1.90. The average molecular weight is 250 g/mol. The lowest BCUT2D eigenvalue weighted by Crippen LogP contribution is -2.35. The minimum atomic E-state index is 0.450. The molecule has 1 aliphatic rings. The fraction of sp³-hybridized carbons (Fsp3) is 0.667. The van der Waals surface area contributed by atoms with E-state index in [1.54, 1.807) is 0 Å². The number of nitrogens with zero attached hydrogens (tertiary/aromatic N) is 3. The molecule has 1 aromatic heterocycles. The Morgan fingerprint density at radius 1 is 1.39 bits per heavy atom. The molecule has 1 saturated heterocycles. The third-order valence-electron chi connectivity index (χ3n) is 3.33. The number of hydrogen-bond donors (Lipinski definition) is 3. The molecule has 4 N–H and O–H groups in total. The SMILES string of the molecule is Cc1cc(NCC(C)N2CCCC2)nc(NN)n1. The molecule has 0 radical (unpaired) electrons. The van der Waals surface area contributed by atoms with Crippen molar-refractivity contribution in [2.75, 3.05) is 30.4 Å². The molecule has 1 aromatic rings. The van der Waals surface area contributed by atoms with Gasteiger partial charge in [0.25, 0.3) is 0 Å². The Bertz CT molecular complexity index is 388. The first kappa shape index (κ1) is 13.0. The summed E-state index contributed by atoms with van der Waals surface area (Å²) in [5.74, 6) is 6.60. The molecule has 0 spiro atoms. The predicted octanol–water partition coefficient (Wildman–Crippen LogP) is 0.967. The van der Waals surface area contributed by atoms with Gasteiger partial charge >= 0.3 is 0 Å². The summed E-state index contributed by atoms with van der Waals surface area (Å²) in [6.45, 7) is 7.48. The van der Waals surface area contributed by atoms with E-state index < -0.39 is 0 Å². The summed E-state index contributed by atoms with van der Waals surface area (Å²) >= 11 is 0. The van der Waals surface area contributed by atoms with Gasteiger partial charge in [0.2, 0.25) is 5.95 Å². The van der Waals surface area contributed by atoms with Gasteiger partial charge in [-0.15, -0.1) is 0 Å². The molecule has 1 atom stereocenters.